The second-order valence-corrected chi connectivity index (χ2v) is 13.5. The van der Waals surface area contributed by atoms with Gasteiger partial charge >= 0.3 is 0 Å². The van der Waals surface area contributed by atoms with E-state index in [1.165, 1.54) is 0 Å². The number of carbonyl (C=O) groups excluding carboxylic acids is 4. The van der Waals surface area contributed by atoms with E-state index in [4.69, 9.17) is 5.73 Å². The number of hydrogen-bond acceptors (Lipinski definition) is 7. The molecule has 0 aliphatic heterocycles. The van der Waals surface area contributed by atoms with Gasteiger partial charge in [-0.3, -0.25) is 19.2 Å². The highest BCUT2D eigenvalue weighted by Gasteiger charge is 2.44. The number of rotatable bonds is 20. The van der Waals surface area contributed by atoms with E-state index < -0.39 is 10.8 Å². The Kier molecular flexibility index (Phi) is 17.7. The molecule has 0 aromatic rings. The third-order valence-electron chi connectivity index (χ3n) is 6.37. The van der Waals surface area contributed by atoms with Crippen LogP contribution in [-0.2, 0) is 19.2 Å². The number of carbonyl (C=O) groups is 4. The molecule has 220 valence electrons. The summed E-state index contributed by atoms with van der Waals surface area (Å²) in [5.41, 5.74) is 4.38. The molecule has 38 heavy (non-hydrogen) atoms. The fourth-order valence-electron chi connectivity index (χ4n) is 4.08. The third kappa shape index (κ3) is 13.9. The van der Waals surface area contributed by atoms with Crippen LogP contribution in [-0.4, -0.2) is 67.4 Å². The first-order valence-electron chi connectivity index (χ1n) is 13.5. The lowest BCUT2D eigenvalue weighted by atomic mass is 9.67. The van der Waals surface area contributed by atoms with Crippen molar-refractivity contribution in [2.24, 2.45) is 22.5 Å². The summed E-state index contributed by atoms with van der Waals surface area (Å²) in [7, 11) is 3.26. The summed E-state index contributed by atoms with van der Waals surface area (Å²) in [5.74, 6) is 0.584. The predicted octanol–water partition coefficient (Wildman–Crippen LogP) is 3.00. The third-order valence-corrected chi connectivity index (χ3v) is 8.78. The summed E-state index contributed by atoms with van der Waals surface area (Å²) in [4.78, 5) is 50.8. The highest BCUT2D eigenvalue weighted by atomic mass is 33.1. The van der Waals surface area contributed by atoms with Gasteiger partial charge in [0.25, 0.3) is 0 Å². The van der Waals surface area contributed by atoms with Gasteiger partial charge in [-0.25, -0.2) is 0 Å². The predicted molar refractivity (Wildman–Crippen MR) is 161 cm³/mol. The molecule has 0 aliphatic rings. The molecule has 0 aliphatic carbocycles. The van der Waals surface area contributed by atoms with Crippen LogP contribution in [0.15, 0.2) is 12.2 Å². The van der Waals surface area contributed by atoms with Crippen molar-refractivity contribution < 1.29 is 19.2 Å². The largest absolute Gasteiger partial charge is 0.356 e. The van der Waals surface area contributed by atoms with Crippen molar-refractivity contribution in [2.45, 2.75) is 80.2 Å². The van der Waals surface area contributed by atoms with Crippen molar-refractivity contribution in [3.8, 4) is 0 Å². The normalized spacial score (nSPS) is 15.1. The Morgan fingerprint density at radius 3 is 1.92 bits per heavy atom. The molecule has 9 nitrogen and oxygen atoms in total. The zero-order valence-electron chi connectivity index (χ0n) is 24.5. The van der Waals surface area contributed by atoms with Crippen LogP contribution in [0.3, 0.4) is 0 Å². The molecule has 0 aromatic heterocycles. The zero-order chi connectivity index (χ0) is 29.4. The summed E-state index contributed by atoms with van der Waals surface area (Å²) < 4.78 is 0. The molecule has 0 rings (SSSR count). The summed E-state index contributed by atoms with van der Waals surface area (Å²) in [5, 5.41) is 11.7. The van der Waals surface area contributed by atoms with E-state index in [0.29, 0.717) is 63.2 Å². The van der Waals surface area contributed by atoms with E-state index in [-0.39, 0.29) is 35.6 Å². The lowest BCUT2D eigenvalue weighted by molar-refractivity contribution is -0.139. The molecule has 3 unspecified atom stereocenters. The first-order chi connectivity index (χ1) is 17.7. The van der Waals surface area contributed by atoms with Crippen molar-refractivity contribution in [3.63, 3.8) is 0 Å². The number of nitrogens with two attached hydrogens (primary N) is 1. The van der Waals surface area contributed by atoms with Gasteiger partial charge in [-0.1, -0.05) is 55.9 Å². The number of amides is 4. The molecule has 0 fully saturated rings. The fourth-order valence-corrected chi connectivity index (χ4v) is 5.89. The first-order valence-corrected chi connectivity index (χ1v) is 16.0. The smallest absolute Gasteiger partial charge is 0.246 e. The van der Waals surface area contributed by atoms with Gasteiger partial charge in [-0.05, 0) is 53.0 Å². The van der Waals surface area contributed by atoms with Gasteiger partial charge in [-0.2, -0.15) is 0 Å². The minimum atomic E-state index is -0.913. The molecule has 0 spiro atoms. The Morgan fingerprint density at radius 2 is 1.42 bits per heavy atom. The van der Waals surface area contributed by atoms with Crippen LogP contribution in [0, 0.1) is 16.7 Å². The Bertz CT molecular complexity index is 795. The number of nitrogens with one attached hydrogen (secondary N) is 4. The van der Waals surface area contributed by atoms with Crippen molar-refractivity contribution in [3.05, 3.63) is 12.2 Å². The molecule has 0 saturated heterocycles. The molecular formula is C27H51N5O4S2. The van der Waals surface area contributed by atoms with Crippen LogP contribution in [0.2, 0.25) is 0 Å². The molecule has 0 radical (unpaired) electrons. The van der Waals surface area contributed by atoms with Crippen molar-refractivity contribution in [2.75, 3.05) is 37.7 Å². The average molecular weight is 574 g/mol. The molecular weight excluding hydrogens is 522 g/mol. The summed E-state index contributed by atoms with van der Waals surface area (Å²) in [6, 6.07) is 0.00685. The van der Waals surface area contributed by atoms with E-state index in [9.17, 15) is 19.2 Å². The van der Waals surface area contributed by atoms with E-state index >= 15 is 0 Å². The van der Waals surface area contributed by atoms with Crippen LogP contribution < -0.4 is 27.0 Å². The molecule has 4 amide bonds. The minimum Gasteiger partial charge on any atom is -0.356 e. The average Bonchev–Trinajstić information content (AvgIpc) is 2.84. The second-order valence-electron chi connectivity index (χ2n) is 10.8. The molecule has 6 N–H and O–H groups in total. The Labute approximate surface area is 237 Å². The summed E-state index contributed by atoms with van der Waals surface area (Å²) >= 11 is 0. The standard InChI is InChI=1S/C27H51N5O4S2/c1-9-26(7,24(35)31-14-16-38-37-15-13-29-22(33)19(2)3)18-27(8,25(36)30-12-10-11-28)17-21(6)23(34)32-20(4)5/h20-21H,2,9-18,28H2,1,3-8H3,(H,29,33)(H,30,36)(H,31,35)(H,32,34). The maximum Gasteiger partial charge on any atom is 0.246 e. The molecule has 3 atom stereocenters. The van der Waals surface area contributed by atoms with Gasteiger partial charge in [0, 0.05) is 59.5 Å². The van der Waals surface area contributed by atoms with E-state index in [1.54, 1.807) is 28.5 Å². The van der Waals surface area contributed by atoms with E-state index in [0.717, 1.165) is 5.75 Å². The topological polar surface area (TPSA) is 142 Å². The molecule has 0 saturated carbocycles. The summed E-state index contributed by atoms with van der Waals surface area (Å²) in [6.07, 6.45) is 1.87. The van der Waals surface area contributed by atoms with Gasteiger partial charge in [0.15, 0.2) is 0 Å². The SMILES string of the molecule is C=C(C)C(=O)NCCSSCCNC(=O)C(C)(CC)CC(C)(CC(C)C(=O)NC(C)C)C(=O)NCCCN. The van der Waals surface area contributed by atoms with Crippen LogP contribution >= 0.6 is 21.6 Å². The first kappa shape index (κ1) is 36.3. The quantitative estimate of drug-likeness (QED) is 0.0856. The summed E-state index contributed by atoms with van der Waals surface area (Å²) in [6.45, 7) is 18.6. The lowest BCUT2D eigenvalue weighted by Gasteiger charge is -2.38. The molecule has 11 heteroatoms. The van der Waals surface area contributed by atoms with Crippen LogP contribution in [0.1, 0.15) is 74.1 Å². The highest BCUT2D eigenvalue weighted by molar-refractivity contribution is 8.76. The Balaban J connectivity index is 5.12. The highest BCUT2D eigenvalue weighted by Crippen LogP contribution is 2.41. The minimum absolute atomic E-state index is 0.00685. The Hall–Kier alpha value is -1.72. The van der Waals surface area contributed by atoms with Crippen LogP contribution in [0.5, 0.6) is 0 Å². The maximum absolute atomic E-state index is 13.3. The maximum atomic E-state index is 13.3. The van der Waals surface area contributed by atoms with E-state index in [2.05, 4.69) is 27.8 Å². The zero-order valence-corrected chi connectivity index (χ0v) is 26.1. The van der Waals surface area contributed by atoms with Crippen molar-refractivity contribution in [1.82, 2.24) is 21.3 Å². The fraction of sp³-hybridized carbons (Fsp3) is 0.778. The van der Waals surface area contributed by atoms with Gasteiger partial charge in [-0.15, -0.1) is 0 Å². The lowest BCUT2D eigenvalue weighted by Crippen LogP contribution is -2.49. The van der Waals surface area contributed by atoms with Crippen LogP contribution in [0.4, 0.5) is 0 Å². The molecule has 0 aromatic carbocycles. The molecule has 0 bridgehead atoms. The molecule has 0 heterocycles. The van der Waals surface area contributed by atoms with Crippen molar-refractivity contribution >= 4 is 45.2 Å². The Morgan fingerprint density at radius 1 is 0.895 bits per heavy atom. The van der Waals surface area contributed by atoms with Crippen molar-refractivity contribution in [1.29, 1.82) is 0 Å². The van der Waals surface area contributed by atoms with E-state index in [1.807, 2.05) is 41.5 Å². The second kappa shape index (κ2) is 18.5. The van der Waals surface area contributed by atoms with Gasteiger partial charge in [0.05, 0.1) is 0 Å². The van der Waals surface area contributed by atoms with Gasteiger partial charge in [0.1, 0.15) is 0 Å². The van der Waals surface area contributed by atoms with Gasteiger partial charge in [0.2, 0.25) is 23.6 Å². The number of hydrogen-bond donors (Lipinski definition) is 5. The van der Waals surface area contributed by atoms with Crippen LogP contribution in [0.25, 0.3) is 0 Å². The monoisotopic (exact) mass is 573 g/mol. The van der Waals surface area contributed by atoms with Gasteiger partial charge < -0.3 is 27.0 Å².